The number of phenols is 1. The van der Waals surface area contributed by atoms with E-state index in [0.717, 1.165) is 29.5 Å². The number of rotatable bonds is 4. The first-order chi connectivity index (χ1) is 9.10. The molecule has 0 spiro atoms. The van der Waals surface area contributed by atoms with E-state index < -0.39 is 0 Å². The lowest BCUT2D eigenvalue weighted by Gasteiger charge is -2.10. The molecule has 0 radical (unpaired) electrons. The second-order valence-corrected chi connectivity index (χ2v) is 5.07. The van der Waals surface area contributed by atoms with E-state index in [1.54, 1.807) is 30.3 Å². The summed E-state index contributed by atoms with van der Waals surface area (Å²) in [5, 5.41) is 9.25. The topological polar surface area (TPSA) is 20.2 Å². The van der Waals surface area contributed by atoms with Gasteiger partial charge in [-0.15, -0.1) is 0 Å². The van der Waals surface area contributed by atoms with E-state index in [-0.39, 0.29) is 11.6 Å². The van der Waals surface area contributed by atoms with Gasteiger partial charge in [-0.1, -0.05) is 44.5 Å². The van der Waals surface area contributed by atoms with Gasteiger partial charge in [-0.3, -0.25) is 0 Å². The zero-order valence-electron chi connectivity index (χ0n) is 11.4. The number of hydrogen-bond acceptors (Lipinski definition) is 1. The van der Waals surface area contributed by atoms with Crippen LogP contribution in [0.15, 0.2) is 42.5 Å². The van der Waals surface area contributed by atoms with Crippen LogP contribution in [0.1, 0.15) is 25.8 Å². The van der Waals surface area contributed by atoms with Crippen LogP contribution < -0.4 is 0 Å². The molecule has 0 unspecified atom stereocenters. The summed E-state index contributed by atoms with van der Waals surface area (Å²) in [7, 11) is 0. The van der Waals surface area contributed by atoms with E-state index >= 15 is 0 Å². The summed E-state index contributed by atoms with van der Waals surface area (Å²) in [5.41, 5.74) is 2.52. The Kier molecular flexibility index (Phi) is 4.20. The van der Waals surface area contributed by atoms with Gasteiger partial charge < -0.3 is 5.11 Å². The van der Waals surface area contributed by atoms with Gasteiger partial charge in [0.1, 0.15) is 11.6 Å². The minimum atomic E-state index is -0.147. The molecule has 0 aliphatic rings. The molecule has 2 aromatic carbocycles. The van der Waals surface area contributed by atoms with Gasteiger partial charge in [0.2, 0.25) is 0 Å². The minimum absolute atomic E-state index is 0.147. The number of aromatic hydroxyl groups is 1. The van der Waals surface area contributed by atoms with Crippen molar-refractivity contribution in [2.24, 2.45) is 5.92 Å². The van der Waals surface area contributed by atoms with Crippen molar-refractivity contribution in [3.63, 3.8) is 0 Å². The van der Waals surface area contributed by atoms with Gasteiger partial charge in [-0.2, -0.15) is 0 Å². The zero-order chi connectivity index (χ0) is 13.8. The fourth-order valence-electron chi connectivity index (χ4n) is 2.07. The minimum Gasteiger partial charge on any atom is -0.508 e. The van der Waals surface area contributed by atoms with Gasteiger partial charge in [-0.05, 0) is 47.2 Å². The largest absolute Gasteiger partial charge is 0.508 e. The molecule has 100 valence electrons. The van der Waals surface area contributed by atoms with Crippen LogP contribution in [0, 0.1) is 11.7 Å². The Morgan fingerprint density at radius 2 is 1.68 bits per heavy atom. The molecule has 1 atom stereocenters. The zero-order valence-corrected chi connectivity index (χ0v) is 11.4. The van der Waals surface area contributed by atoms with Crippen molar-refractivity contribution in [2.75, 3.05) is 0 Å². The molecule has 0 aromatic heterocycles. The first kappa shape index (κ1) is 13.6. The SMILES string of the molecule is CC[C@H](C)Cc1ccc(-c2ccc(O)cc2)cc1F. The van der Waals surface area contributed by atoms with Gasteiger partial charge in [0.05, 0.1) is 0 Å². The fourth-order valence-corrected chi connectivity index (χ4v) is 2.07. The Bertz CT molecular complexity index is 546. The van der Waals surface area contributed by atoms with Gasteiger partial charge in [0, 0.05) is 0 Å². The van der Waals surface area contributed by atoms with E-state index in [9.17, 15) is 9.50 Å². The Morgan fingerprint density at radius 3 is 2.26 bits per heavy atom. The Labute approximate surface area is 113 Å². The van der Waals surface area contributed by atoms with Gasteiger partial charge in [-0.25, -0.2) is 4.39 Å². The highest BCUT2D eigenvalue weighted by molar-refractivity contribution is 5.64. The Hall–Kier alpha value is -1.83. The highest BCUT2D eigenvalue weighted by atomic mass is 19.1. The van der Waals surface area contributed by atoms with Crippen LogP contribution in [0.3, 0.4) is 0 Å². The van der Waals surface area contributed by atoms with E-state index in [4.69, 9.17) is 0 Å². The summed E-state index contributed by atoms with van der Waals surface area (Å²) >= 11 is 0. The highest BCUT2D eigenvalue weighted by Crippen LogP contribution is 2.25. The molecule has 0 heterocycles. The van der Waals surface area contributed by atoms with Gasteiger partial charge in [0.25, 0.3) is 0 Å². The van der Waals surface area contributed by atoms with Crippen molar-refractivity contribution in [1.82, 2.24) is 0 Å². The number of benzene rings is 2. The number of phenolic OH excluding ortho intramolecular Hbond substituents is 1. The molecule has 0 saturated carbocycles. The second kappa shape index (κ2) is 5.87. The molecule has 1 N–H and O–H groups in total. The predicted molar refractivity (Wildman–Crippen MR) is 76.7 cm³/mol. The molecule has 0 aliphatic carbocycles. The van der Waals surface area contributed by atoms with Crippen molar-refractivity contribution in [3.05, 3.63) is 53.8 Å². The maximum atomic E-state index is 14.1. The third kappa shape index (κ3) is 3.34. The van der Waals surface area contributed by atoms with Crippen LogP contribution in [-0.4, -0.2) is 5.11 Å². The van der Waals surface area contributed by atoms with Crippen LogP contribution in [0.4, 0.5) is 4.39 Å². The quantitative estimate of drug-likeness (QED) is 0.836. The average Bonchev–Trinajstić information content (AvgIpc) is 2.41. The van der Waals surface area contributed by atoms with Crippen LogP contribution in [-0.2, 0) is 6.42 Å². The van der Waals surface area contributed by atoms with Crippen molar-refractivity contribution >= 4 is 0 Å². The second-order valence-electron chi connectivity index (χ2n) is 5.07. The van der Waals surface area contributed by atoms with Crippen LogP contribution in [0.5, 0.6) is 5.75 Å². The van der Waals surface area contributed by atoms with Gasteiger partial charge >= 0.3 is 0 Å². The molecule has 1 nitrogen and oxygen atoms in total. The average molecular weight is 258 g/mol. The summed E-state index contributed by atoms with van der Waals surface area (Å²) in [4.78, 5) is 0. The number of halogens is 1. The molecule has 0 aliphatic heterocycles. The lowest BCUT2D eigenvalue weighted by atomic mass is 9.96. The van der Waals surface area contributed by atoms with Crippen LogP contribution >= 0.6 is 0 Å². The molecule has 0 fully saturated rings. The summed E-state index contributed by atoms with van der Waals surface area (Å²) in [5.74, 6) is 0.567. The lowest BCUT2D eigenvalue weighted by Crippen LogP contribution is -2.00. The summed E-state index contributed by atoms with van der Waals surface area (Å²) < 4.78 is 14.1. The van der Waals surface area contributed by atoms with Gasteiger partial charge in [0.15, 0.2) is 0 Å². The maximum Gasteiger partial charge on any atom is 0.127 e. The standard InChI is InChI=1S/C17H19FO/c1-3-12(2)10-15-5-4-14(11-17(15)18)13-6-8-16(19)9-7-13/h4-9,11-12,19H,3,10H2,1-2H3/t12-/m0/s1. The smallest absolute Gasteiger partial charge is 0.127 e. The molecule has 0 saturated heterocycles. The molecular weight excluding hydrogens is 239 g/mol. The van der Waals surface area contributed by atoms with E-state index in [1.807, 2.05) is 12.1 Å². The fraction of sp³-hybridized carbons (Fsp3) is 0.294. The van der Waals surface area contributed by atoms with E-state index in [2.05, 4.69) is 13.8 Å². The van der Waals surface area contributed by atoms with Crippen molar-refractivity contribution in [1.29, 1.82) is 0 Å². The summed E-state index contributed by atoms with van der Waals surface area (Å²) in [6.07, 6.45) is 1.83. The monoisotopic (exact) mass is 258 g/mol. The van der Waals surface area contributed by atoms with Crippen molar-refractivity contribution in [3.8, 4) is 16.9 Å². The summed E-state index contributed by atoms with van der Waals surface area (Å²) in [6.45, 7) is 4.25. The predicted octanol–water partition coefficient (Wildman–Crippen LogP) is 4.79. The van der Waals surface area contributed by atoms with Crippen LogP contribution in [0.25, 0.3) is 11.1 Å². The molecule has 2 heteroatoms. The normalized spacial score (nSPS) is 12.4. The highest BCUT2D eigenvalue weighted by Gasteiger charge is 2.08. The van der Waals surface area contributed by atoms with Crippen LogP contribution in [0.2, 0.25) is 0 Å². The molecule has 19 heavy (non-hydrogen) atoms. The molecule has 2 aromatic rings. The maximum absolute atomic E-state index is 14.1. The third-order valence-electron chi connectivity index (χ3n) is 3.52. The van der Waals surface area contributed by atoms with E-state index in [1.165, 1.54) is 0 Å². The number of hydrogen-bond donors (Lipinski definition) is 1. The molecule has 2 rings (SSSR count). The summed E-state index contributed by atoms with van der Waals surface area (Å²) in [6, 6.07) is 12.2. The Balaban J connectivity index is 2.25. The molecular formula is C17H19FO. The van der Waals surface area contributed by atoms with Crippen molar-refractivity contribution in [2.45, 2.75) is 26.7 Å². The van der Waals surface area contributed by atoms with E-state index in [0.29, 0.717) is 5.92 Å². The first-order valence-electron chi connectivity index (χ1n) is 6.68. The molecule has 0 bridgehead atoms. The molecule has 0 amide bonds. The third-order valence-corrected chi connectivity index (χ3v) is 3.52. The lowest BCUT2D eigenvalue weighted by molar-refractivity contribution is 0.475. The first-order valence-corrected chi connectivity index (χ1v) is 6.68. The Morgan fingerprint density at radius 1 is 1.05 bits per heavy atom. The van der Waals surface area contributed by atoms with Crippen molar-refractivity contribution < 1.29 is 9.50 Å².